The van der Waals surface area contributed by atoms with Crippen LogP contribution in [0.4, 0.5) is 0 Å². The number of para-hydroxylation sites is 3. The fourth-order valence-corrected chi connectivity index (χ4v) is 18.5. The number of aryl methyl sites for hydroxylation is 6. The molecule has 0 bridgehead atoms. The second-order valence-electron chi connectivity index (χ2n) is 33.8. The van der Waals surface area contributed by atoms with Gasteiger partial charge in [0, 0.05) is 180 Å². The third-order valence-electron chi connectivity index (χ3n) is 25.3. The quantitative estimate of drug-likeness (QED) is 0.0867. The number of hydrogen-bond acceptors (Lipinski definition) is 15. The van der Waals surface area contributed by atoms with E-state index in [1.807, 2.05) is 283 Å². The third-order valence-corrected chi connectivity index (χ3v) is 25.3. The molecule has 0 fully saturated rings. The van der Waals surface area contributed by atoms with Crippen molar-refractivity contribution in [2.75, 3.05) is 0 Å². The van der Waals surface area contributed by atoms with Crippen LogP contribution < -0.4 is 0 Å². The Labute approximate surface area is 849 Å². The first-order valence-electron chi connectivity index (χ1n) is 44.8. The molecule has 27 rings (SSSR count). The summed E-state index contributed by atoms with van der Waals surface area (Å²) in [5, 5.41) is 6.47. The maximum absolute atomic E-state index is 6.34. The molecular weight excluding hydrogens is 2300 g/mol. The first-order valence-corrected chi connectivity index (χ1v) is 44.8. The molecule has 0 saturated heterocycles. The van der Waals surface area contributed by atoms with Crippen molar-refractivity contribution in [3.63, 3.8) is 0 Å². The van der Waals surface area contributed by atoms with Crippen molar-refractivity contribution >= 4 is 98.7 Å². The Kier molecular flexibility index (Phi) is 23.4. The molecule has 15 aromatic heterocycles. The van der Waals surface area contributed by atoms with E-state index in [9.17, 15) is 0 Å². The van der Waals surface area contributed by atoms with Crippen LogP contribution in [0.2, 0.25) is 0 Å². The van der Waals surface area contributed by atoms with Crippen molar-refractivity contribution in [1.29, 1.82) is 0 Å². The topological polar surface area (TPSA) is 238 Å². The molecule has 0 aliphatic rings. The van der Waals surface area contributed by atoms with Crippen LogP contribution in [-0.4, -0.2) is 101 Å². The first-order chi connectivity index (χ1) is 67.8. The summed E-state index contributed by atoms with van der Waals surface area (Å²) in [7, 11) is 11.9. The third kappa shape index (κ3) is 16.1. The van der Waals surface area contributed by atoms with Crippen LogP contribution in [0.5, 0.6) is 0 Å². The van der Waals surface area contributed by atoms with E-state index in [0.29, 0.717) is 28.8 Å². The van der Waals surface area contributed by atoms with Crippen molar-refractivity contribution in [3.05, 3.63) is 384 Å². The second-order valence-corrected chi connectivity index (χ2v) is 33.8. The number of benzene rings is 12. The summed E-state index contributed by atoms with van der Waals surface area (Å²) >= 11 is 0. The normalized spacial score (nSPS) is 11.4. The summed E-state index contributed by atoms with van der Waals surface area (Å²) in [5.41, 5.74) is 26.3. The maximum Gasteiger partial charge on any atom is 2.00 e. The molecule has 0 spiro atoms. The van der Waals surface area contributed by atoms with Gasteiger partial charge in [0.15, 0.2) is 0 Å². The minimum atomic E-state index is 0. The maximum atomic E-state index is 6.34. The van der Waals surface area contributed by atoms with Crippen LogP contribution >= 0.6 is 0 Å². The molecule has 0 unspecified atom stereocenters. The Morgan fingerprint density at radius 3 is 1.13 bits per heavy atom. The molecule has 0 aliphatic heterocycles. The van der Waals surface area contributed by atoms with Gasteiger partial charge in [-0.1, -0.05) is 112 Å². The monoisotopic (exact) mass is 2370 g/mol. The fraction of sp³-hybridized carbons (Fsp3) is 0.0526. The van der Waals surface area contributed by atoms with Crippen LogP contribution in [0, 0.1) is 36.4 Å². The summed E-state index contributed by atoms with van der Waals surface area (Å²) in [6, 6.07) is 108. The van der Waals surface area contributed by atoms with E-state index in [1.165, 1.54) is 0 Å². The number of aromatic nitrogens is 21. The van der Waals surface area contributed by atoms with Gasteiger partial charge in [-0.05, 0) is 163 Å². The molecule has 27 aromatic rings. The van der Waals surface area contributed by atoms with E-state index in [4.69, 9.17) is 38.2 Å². The van der Waals surface area contributed by atoms with E-state index in [0.717, 1.165) is 223 Å². The second kappa shape index (κ2) is 36.9. The number of hydrogen-bond donors (Lipinski definition) is 0. The van der Waals surface area contributed by atoms with E-state index < -0.39 is 0 Å². The number of fused-ring (bicyclic) bond motifs is 12. The fourth-order valence-electron chi connectivity index (χ4n) is 18.5. The molecule has 0 saturated carbocycles. The number of oxazole rings is 3. The summed E-state index contributed by atoms with van der Waals surface area (Å²) in [5.74, 6) is 6.79. The standard InChI is InChI=1S/3C38H25N7O.3Pt/c1-43-19-17-39-36(43)26-13-16-30(41-23-26)24-11-15-29(37-40-18-20-44(37)2)34(21-24)45-32-9-5-3-7-27(32)28-14-12-25(22-33(28)45)38-42-31-8-4-6-10-35(31)46-38;1-43-18-16-40-36(43)25-11-14-33-30(21-25)29-12-9-27(38-42-32-13-10-26(23-35(32)46-38)37-41-17-19-44(37)2)22-34(29)45(33)28-7-5-6-24(20-28)31-8-3-4-15-39-31;1-43-18-16-40-36(43)25-10-13-33-30(21-25)29-12-9-27(38-42-32-22-26(11-14-35(32)46-38)37-41-17-19-44(37)2)23-34(29)45(33)28-7-5-6-24(20-28)31-8-3-4-15-39-31;;;/h3-20,23H,1-2H3;3-19,21,23H,1-2H3;3-19,21-22H,1-2H3;;;/q3*-2;3*+2. The van der Waals surface area contributed by atoms with Gasteiger partial charge in [-0.3, -0.25) is 15.0 Å². The zero-order valence-corrected chi connectivity index (χ0v) is 82.8. The van der Waals surface area contributed by atoms with Gasteiger partial charge in [0.2, 0.25) is 0 Å². The molecule has 12 aromatic carbocycles. The molecule has 0 radical (unpaired) electrons. The van der Waals surface area contributed by atoms with E-state index in [1.54, 1.807) is 31.0 Å². The van der Waals surface area contributed by atoms with Crippen molar-refractivity contribution in [1.82, 2.24) is 101 Å². The van der Waals surface area contributed by atoms with Gasteiger partial charge >= 0.3 is 63.2 Å². The molecule has 141 heavy (non-hydrogen) atoms. The van der Waals surface area contributed by atoms with Gasteiger partial charge in [-0.15, -0.1) is 138 Å². The molecular formula is C114H75N21O3Pt3. The van der Waals surface area contributed by atoms with E-state index in [2.05, 4.69) is 188 Å². The Morgan fingerprint density at radius 1 is 0.241 bits per heavy atom. The zero-order chi connectivity index (χ0) is 92.3. The number of nitrogens with zero attached hydrogens (tertiary/aromatic N) is 21. The molecule has 0 amide bonds. The zero-order valence-electron chi connectivity index (χ0n) is 76.0. The van der Waals surface area contributed by atoms with Crippen LogP contribution in [0.3, 0.4) is 0 Å². The minimum absolute atomic E-state index is 0. The largest absolute Gasteiger partial charge is 2.00 e. The van der Waals surface area contributed by atoms with Crippen LogP contribution in [0.25, 0.3) is 252 Å². The molecule has 684 valence electrons. The average Bonchev–Trinajstić information content (AvgIpc) is 1.59. The Hall–Kier alpha value is -16.8. The average molecular weight is 2370 g/mol. The molecule has 0 aliphatic carbocycles. The summed E-state index contributed by atoms with van der Waals surface area (Å²) < 4.78 is 37.4. The number of rotatable bonds is 15. The number of imidazole rings is 6. The molecule has 0 atom stereocenters. The molecule has 15 heterocycles. The predicted octanol–water partition coefficient (Wildman–Crippen LogP) is 24.2. The van der Waals surface area contributed by atoms with Crippen LogP contribution in [-0.2, 0) is 105 Å². The molecule has 27 heteroatoms. The summed E-state index contributed by atoms with van der Waals surface area (Å²) in [6.07, 6.45) is 27.9. The Balaban J connectivity index is 0.000000120. The number of pyridine rings is 3. The minimum Gasteiger partial charge on any atom is -0.481 e. The van der Waals surface area contributed by atoms with Gasteiger partial charge in [-0.2, -0.15) is 0 Å². The van der Waals surface area contributed by atoms with E-state index in [-0.39, 0.29) is 63.2 Å². The van der Waals surface area contributed by atoms with Gasteiger partial charge in [-0.25, -0.2) is 29.9 Å². The smallest absolute Gasteiger partial charge is 0.481 e. The van der Waals surface area contributed by atoms with Crippen LogP contribution in [0.1, 0.15) is 0 Å². The van der Waals surface area contributed by atoms with Gasteiger partial charge < -0.3 is 69.3 Å². The predicted molar refractivity (Wildman–Crippen MR) is 537 cm³/mol. The molecule has 24 nitrogen and oxygen atoms in total. The van der Waals surface area contributed by atoms with E-state index >= 15 is 0 Å². The summed E-state index contributed by atoms with van der Waals surface area (Å²) in [4.78, 5) is 55.8. The van der Waals surface area contributed by atoms with Crippen molar-refractivity contribution in [3.8, 4) is 154 Å². The van der Waals surface area contributed by atoms with Gasteiger partial charge in [0.1, 0.15) is 63.5 Å². The van der Waals surface area contributed by atoms with Gasteiger partial charge in [0.25, 0.3) is 0 Å². The van der Waals surface area contributed by atoms with Crippen molar-refractivity contribution in [2.24, 2.45) is 42.3 Å². The SMILES string of the molecule is Cn1ccnc1-c1ccc(-c2[c-]c(-n3c4[c-]c(-c5nc6ccccc6o5)ccc4c4ccccc43)c(-c3nccn3C)cc2)nc1.Cn1ccnc1-c1ccc2nc(-c3[c-]c4c(cc3)c3cc(-c5nccn5C)ccc3n4-c3[c-]c(-c4ccccn4)ccc3)oc2c1.Cn1ccnc1-c1ccc2oc(-c3[c-]c4c(cc3)c3cc(-c5nccn5C)ccc3n4-c3[c-]c(-c4ccccn4)ccc3)nc2c1.[Pt+2].[Pt+2].[Pt+2]. The first kappa shape index (κ1) is 89.4. The van der Waals surface area contributed by atoms with Gasteiger partial charge in [0.05, 0.1) is 22.4 Å². The molecule has 0 N–H and O–H groups in total. The Bertz CT molecular complexity index is 9040. The summed E-state index contributed by atoms with van der Waals surface area (Å²) in [6.45, 7) is 0. The Morgan fingerprint density at radius 2 is 0.638 bits per heavy atom. The van der Waals surface area contributed by atoms with Crippen molar-refractivity contribution < 1.29 is 76.4 Å². The van der Waals surface area contributed by atoms with Crippen LogP contribution in [0.15, 0.2) is 361 Å². The van der Waals surface area contributed by atoms with Crippen molar-refractivity contribution in [2.45, 2.75) is 0 Å².